The second kappa shape index (κ2) is 8.03. The lowest BCUT2D eigenvalue weighted by atomic mass is 10.2. The lowest BCUT2D eigenvalue weighted by Gasteiger charge is -2.15. The maximum atomic E-state index is 13.3. The monoisotopic (exact) mass is 257 g/mol. The Bertz CT molecular complexity index is 358. The summed E-state index contributed by atoms with van der Waals surface area (Å²) in [6.45, 7) is 5.91. The number of benzene rings is 1. The minimum Gasteiger partial charge on any atom is -0.488 e. The highest BCUT2D eigenvalue weighted by Crippen LogP contribution is 2.21. The number of hydrogen-bond donors (Lipinski definition) is 1. The van der Waals surface area contributed by atoms with Gasteiger partial charge in [0.1, 0.15) is 0 Å². The van der Waals surface area contributed by atoms with E-state index in [1.165, 1.54) is 12.1 Å². The van der Waals surface area contributed by atoms with Crippen LogP contribution in [-0.4, -0.2) is 19.2 Å². The van der Waals surface area contributed by atoms with Crippen molar-refractivity contribution >= 4 is 0 Å². The molecule has 1 rings (SSSR count). The SMILES string of the molecule is CCCNCCCC(C)Oc1cccc(F)c1F. The van der Waals surface area contributed by atoms with Crippen molar-refractivity contribution in [3.8, 4) is 5.75 Å². The number of halogens is 2. The van der Waals surface area contributed by atoms with Crippen LogP contribution in [0.5, 0.6) is 5.75 Å². The zero-order chi connectivity index (χ0) is 13.4. The molecule has 0 bridgehead atoms. The zero-order valence-corrected chi connectivity index (χ0v) is 11.0. The highest BCUT2D eigenvalue weighted by atomic mass is 19.2. The van der Waals surface area contributed by atoms with E-state index in [1.54, 1.807) is 0 Å². The van der Waals surface area contributed by atoms with Crippen LogP contribution in [0.3, 0.4) is 0 Å². The molecule has 0 aliphatic rings. The molecule has 1 unspecified atom stereocenters. The molecule has 2 nitrogen and oxygen atoms in total. The van der Waals surface area contributed by atoms with Gasteiger partial charge in [0.2, 0.25) is 5.82 Å². The summed E-state index contributed by atoms with van der Waals surface area (Å²) in [5, 5.41) is 3.29. The highest BCUT2D eigenvalue weighted by Gasteiger charge is 2.11. The van der Waals surface area contributed by atoms with Gasteiger partial charge in [-0.2, -0.15) is 4.39 Å². The first-order valence-electron chi connectivity index (χ1n) is 6.46. The molecule has 1 aromatic carbocycles. The lowest BCUT2D eigenvalue weighted by Crippen LogP contribution is -2.19. The maximum Gasteiger partial charge on any atom is 0.200 e. The molecule has 1 atom stereocenters. The van der Waals surface area contributed by atoms with Crippen molar-refractivity contribution in [1.29, 1.82) is 0 Å². The third-order valence-corrected chi connectivity index (χ3v) is 2.64. The van der Waals surface area contributed by atoms with Crippen molar-refractivity contribution in [1.82, 2.24) is 5.32 Å². The molecule has 0 spiro atoms. The summed E-state index contributed by atoms with van der Waals surface area (Å²) in [7, 11) is 0. The Morgan fingerprint density at radius 1 is 1.28 bits per heavy atom. The molecular weight excluding hydrogens is 236 g/mol. The number of hydrogen-bond acceptors (Lipinski definition) is 2. The molecule has 0 aromatic heterocycles. The third kappa shape index (κ3) is 5.00. The average Bonchev–Trinajstić information content (AvgIpc) is 2.35. The van der Waals surface area contributed by atoms with Gasteiger partial charge in [-0.3, -0.25) is 0 Å². The van der Waals surface area contributed by atoms with Crippen LogP contribution in [0.2, 0.25) is 0 Å². The smallest absolute Gasteiger partial charge is 0.200 e. The van der Waals surface area contributed by atoms with Gasteiger partial charge in [0.25, 0.3) is 0 Å². The van der Waals surface area contributed by atoms with Gasteiger partial charge in [0.15, 0.2) is 11.6 Å². The molecular formula is C14H21F2NO. The lowest BCUT2D eigenvalue weighted by molar-refractivity contribution is 0.196. The van der Waals surface area contributed by atoms with Crippen molar-refractivity contribution in [2.45, 2.75) is 39.2 Å². The summed E-state index contributed by atoms with van der Waals surface area (Å²) in [6.07, 6.45) is 2.76. The molecule has 0 fully saturated rings. The zero-order valence-electron chi connectivity index (χ0n) is 11.0. The maximum absolute atomic E-state index is 13.3. The van der Waals surface area contributed by atoms with Gasteiger partial charge in [-0.25, -0.2) is 4.39 Å². The highest BCUT2D eigenvalue weighted by molar-refractivity contribution is 5.25. The van der Waals surface area contributed by atoms with Crippen LogP contribution in [-0.2, 0) is 0 Å². The minimum absolute atomic E-state index is 0.0102. The van der Waals surface area contributed by atoms with E-state index in [1.807, 2.05) is 6.92 Å². The second-order valence-corrected chi connectivity index (χ2v) is 4.37. The van der Waals surface area contributed by atoms with Crippen LogP contribution < -0.4 is 10.1 Å². The van der Waals surface area contributed by atoms with Gasteiger partial charge >= 0.3 is 0 Å². The quantitative estimate of drug-likeness (QED) is 0.719. The largest absolute Gasteiger partial charge is 0.488 e. The fourth-order valence-corrected chi connectivity index (χ4v) is 1.67. The van der Waals surface area contributed by atoms with Gasteiger partial charge in [0, 0.05) is 0 Å². The topological polar surface area (TPSA) is 21.3 Å². The summed E-state index contributed by atoms with van der Waals surface area (Å²) in [5.41, 5.74) is 0. The van der Waals surface area contributed by atoms with Crippen molar-refractivity contribution in [2.24, 2.45) is 0 Å². The number of nitrogens with one attached hydrogen (secondary N) is 1. The van der Waals surface area contributed by atoms with Crippen LogP contribution >= 0.6 is 0 Å². The summed E-state index contributed by atoms with van der Waals surface area (Å²) < 4.78 is 31.7. The summed E-state index contributed by atoms with van der Waals surface area (Å²) in [4.78, 5) is 0. The van der Waals surface area contributed by atoms with Gasteiger partial charge in [-0.1, -0.05) is 13.0 Å². The van der Waals surface area contributed by atoms with E-state index in [2.05, 4.69) is 12.2 Å². The molecule has 0 amide bonds. The van der Waals surface area contributed by atoms with E-state index in [0.29, 0.717) is 0 Å². The van der Waals surface area contributed by atoms with Crippen molar-refractivity contribution in [3.05, 3.63) is 29.8 Å². The molecule has 0 aliphatic heterocycles. The predicted octanol–water partition coefficient (Wildman–Crippen LogP) is 3.51. The van der Waals surface area contributed by atoms with E-state index in [4.69, 9.17) is 4.74 Å². The number of ether oxygens (including phenoxy) is 1. The van der Waals surface area contributed by atoms with Crippen molar-refractivity contribution in [2.75, 3.05) is 13.1 Å². The molecule has 102 valence electrons. The molecule has 1 N–H and O–H groups in total. The van der Waals surface area contributed by atoms with Crippen molar-refractivity contribution < 1.29 is 13.5 Å². The third-order valence-electron chi connectivity index (χ3n) is 2.64. The Hall–Kier alpha value is -1.16. The fourth-order valence-electron chi connectivity index (χ4n) is 1.67. The van der Waals surface area contributed by atoms with Crippen LogP contribution in [0.1, 0.15) is 33.1 Å². The Morgan fingerprint density at radius 2 is 2.06 bits per heavy atom. The van der Waals surface area contributed by atoms with E-state index < -0.39 is 11.6 Å². The number of rotatable bonds is 8. The van der Waals surface area contributed by atoms with Gasteiger partial charge < -0.3 is 10.1 Å². The van der Waals surface area contributed by atoms with Crippen LogP contribution in [0.15, 0.2) is 18.2 Å². The molecule has 0 radical (unpaired) electrons. The average molecular weight is 257 g/mol. The van der Waals surface area contributed by atoms with Gasteiger partial charge in [-0.05, 0) is 51.4 Å². The van der Waals surface area contributed by atoms with Gasteiger partial charge in [0.05, 0.1) is 6.10 Å². The van der Waals surface area contributed by atoms with Crippen LogP contribution in [0, 0.1) is 11.6 Å². The van der Waals surface area contributed by atoms with E-state index in [0.717, 1.165) is 38.4 Å². The molecule has 0 saturated carbocycles. The summed E-state index contributed by atoms with van der Waals surface area (Å²) in [6, 6.07) is 3.98. The van der Waals surface area contributed by atoms with Crippen LogP contribution in [0.25, 0.3) is 0 Å². The molecule has 0 heterocycles. The Morgan fingerprint density at radius 3 is 2.78 bits per heavy atom. The normalized spacial score (nSPS) is 12.4. The molecule has 0 aliphatic carbocycles. The summed E-state index contributed by atoms with van der Waals surface area (Å²) in [5.74, 6) is -1.79. The molecule has 4 heteroatoms. The van der Waals surface area contributed by atoms with Crippen molar-refractivity contribution in [3.63, 3.8) is 0 Å². The van der Waals surface area contributed by atoms with E-state index >= 15 is 0 Å². The minimum atomic E-state index is -0.909. The van der Waals surface area contributed by atoms with Gasteiger partial charge in [-0.15, -0.1) is 0 Å². The molecule has 1 aromatic rings. The van der Waals surface area contributed by atoms with E-state index in [-0.39, 0.29) is 11.9 Å². The van der Waals surface area contributed by atoms with Crippen LogP contribution in [0.4, 0.5) is 8.78 Å². The summed E-state index contributed by atoms with van der Waals surface area (Å²) >= 11 is 0. The first-order valence-corrected chi connectivity index (χ1v) is 6.46. The predicted molar refractivity (Wildman–Crippen MR) is 68.8 cm³/mol. The fraction of sp³-hybridized carbons (Fsp3) is 0.571. The molecule has 18 heavy (non-hydrogen) atoms. The Kier molecular flexibility index (Phi) is 6.65. The molecule has 0 saturated heterocycles. The second-order valence-electron chi connectivity index (χ2n) is 4.37. The first kappa shape index (κ1) is 14.9. The van der Waals surface area contributed by atoms with E-state index in [9.17, 15) is 8.78 Å². The Labute approximate surface area is 107 Å². The Balaban J connectivity index is 2.31. The standard InChI is InChI=1S/C14H21F2NO/c1-3-9-17-10-5-6-11(2)18-13-8-4-7-12(15)14(13)16/h4,7-8,11,17H,3,5-6,9-10H2,1-2H3. The first-order chi connectivity index (χ1) is 8.65.